The van der Waals surface area contributed by atoms with Gasteiger partial charge in [0.2, 0.25) is 0 Å². The van der Waals surface area contributed by atoms with Crippen LogP contribution in [0.25, 0.3) is 11.1 Å². The van der Waals surface area contributed by atoms with Crippen LogP contribution in [-0.2, 0) is 6.54 Å². The van der Waals surface area contributed by atoms with Crippen molar-refractivity contribution in [3.63, 3.8) is 0 Å². The zero-order valence-corrected chi connectivity index (χ0v) is 10.9. The highest BCUT2D eigenvalue weighted by molar-refractivity contribution is 5.73. The van der Waals surface area contributed by atoms with Crippen molar-refractivity contribution in [1.82, 2.24) is 5.32 Å². The monoisotopic (exact) mass is 241 g/mol. The molecule has 0 saturated heterocycles. The Bertz CT molecular complexity index is 508. The summed E-state index contributed by atoms with van der Waals surface area (Å²) in [5, 5.41) is 3.37. The molecule has 2 heteroatoms. The van der Waals surface area contributed by atoms with Crippen LogP contribution in [0.5, 0.6) is 5.75 Å². The fraction of sp³-hybridized carbons (Fsp3) is 0.250. The van der Waals surface area contributed by atoms with Gasteiger partial charge >= 0.3 is 0 Å². The van der Waals surface area contributed by atoms with Crippen LogP contribution in [0.15, 0.2) is 48.5 Å². The highest BCUT2D eigenvalue weighted by Crippen LogP contribution is 2.31. The predicted molar refractivity (Wildman–Crippen MR) is 75.8 cm³/mol. The van der Waals surface area contributed by atoms with Crippen molar-refractivity contribution in [2.75, 3.05) is 13.7 Å². The Balaban J connectivity index is 2.43. The second kappa shape index (κ2) is 6.22. The molecule has 0 aliphatic heterocycles. The van der Waals surface area contributed by atoms with Crippen LogP contribution in [0.2, 0.25) is 0 Å². The van der Waals surface area contributed by atoms with E-state index in [-0.39, 0.29) is 0 Å². The number of ether oxygens (including phenoxy) is 1. The van der Waals surface area contributed by atoms with E-state index in [9.17, 15) is 0 Å². The number of hydrogen-bond acceptors (Lipinski definition) is 2. The molecule has 0 aliphatic carbocycles. The molecular formula is C16H19NO. The molecule has 2 aromatic rings. The number of benzene rings is 2. The van der Waals surface area contributed by atoms with E-state index in [1.807, 2.05) is 18.2 Å². The third kappa shape index (κ3) is 2.71. The first-order valence-corrected chi connectivity index (χ1v) is 6.28. The molecule has 0 radical (unpaired) electrons. The molecule has 0 aromatic heterocycles. The van der Waals surface area contributed by atoms with Crippen LogP contribution in [0.4, 0.5) is 0 Å². The van der Waals surface area contributed by atoms with Crippen molar-refractivity contribution < 1.29 is 4.74 Å². The van der Waals surface area contributed by atoms with Gasteiger partial charge in [0, 0.05) is 12.1 Å². The number of para-hydroxylation sites is 1. The summed E-state index contributed by atoms with van der Waals surface area (Å²) < 4.78 is 5.44. The van der Waals surface area contributed by atoms with Crippen molar-refractivity contribution in [1.29, 1.82) is 0 Å². The summed E-state index contributed by atoms with van der Waals surface area (Å²) >= 11 is 0. The van der Waals surface area contributed by atoms with Crippen molar-refractivity contribution in [3.8, 4) is 16.9 Å². The molecule has 0 aliphatic rings. The highest BCUT2D eigenvalue weighted by atomic mass is 16.5. The van der Waals surface area contributed by atoms with E-state index in [1.54, 1.807) is 7.11 Å². The summed E-state index contributed by atoms with van der Waals surface area (Å²) in [5.41, 5.74) is 3.67. The quantitative estimate of drug-likeness (QED) is 0.865. The van der Waals surface area contributed by atoms with E-state index in [0.717, 1.165) is 24.4 Å². The Morgan fingerprint density at radius 1 is 0.944 bits per heavy atom. The first-order chi connectivity index (χ1) is 8.86. The van der Waals surface area contributed by atoms with Crippen LogP contribution in [0, 0.1) is 0 Å². The van der Waals surface area contributed by atoms with Gasteiger partial charge in [-0.2, -0.15) is 0 Å². The van der Waals surface area contributed by atoms with Gasteiger partial charge in [-0.25, -0.2) is 0 Å². The summed E-state index contributed by atoms with van der Waals surface area (Å²) in [6.45, 7) is 3.97. The maximum absolute atomic E-state index is 5.44. The summed E-state index contributed by atoms with van der Waals surface area (Å²) in [6, 6.07) is 16.6. The number of rotatable bonds is 5. The van der Waals surface area contributed by atoms with Gasteiger partial charge in [0.1, 0.15) is 5.75 Å². The van der Waals surface area contributed by atoms with E-state index in [2.05, 4.69) is 42.6 Å². The zero-order valence-electron chi connectivity index (χ0n) is 10.9. The second-order valence-electron chi connectivity index (χ2n) is 4.14. The average Bonchev–Trinajstić information content (AvgIpc) is 2.45. The fourth-order valence-corrected chi connectivity index (χ4v) is 2.06. The van der Waals surface area contributed by atoms with E-state index < -0.39 is 0 Å². The molecule has 0 saturated carbocycles. The zero-order chi connectivity index (χ0) is 12.8. The van der Waals surface area contributed by atoms with Crippen LogP contribution in [0.3, 0.4) is 0 Å². The molecule has 2 aromatic carbocycles. The van der Waals surface area contributed by atoms with Gasteiger partial charge in [-0.1, -0.05) is 49.4 Å². The minimum Gasteiger partial charge on any atom is -0.496 e. The Labute approximate surface area is 109 Å². The van der Waals surface area contributed by atoms with Gasteiger partial charge in [-0.15, -0.1) is 0 Å². The molecule has 0 spiro atoms. The topological polar surface area (TPSA) is 21.3 Å². The lowest BCUT2D eigenvalue weighted by Gasteiger charge is -2.13. The van der Waals surface area contributed by atoms with Crippen LogP contribution in [-0.4, -0.2) is 13.7 Å². The summed E-state index contributed by atoms with van der Waals surface area (Å²) in [5.74, 6) is 0.918. The Morgan fingerprint density at radius 3 is 2.33 bits per heavy atom. The molecule has 1 N–H and O–H groups in total. The van der Waals surface area contributed by atoms with E-state index in [1.165, 1.54) is 11.1 Å². The minimum atomic E-state index is 0.880. The Hall–Kier alpha value is -1.80. The van der Waals surface area contributed by atoms with Crippen molar-refractivity contribution in [2.24, 2.45) is 0 Å². The standard InChI is InChI=1S/C16H19NO/c1-3-17-12-13-8-4-5-9-14(13)15-10-6-7-11-16(15)18-2/h4-11,17H,3,12H2,1-2H3. The first-order valence-electron chi connectivity index (χ1n) is 6.28. The first kappa shape index (κ1) is 12.7. The fourth-order valence-electron chi connectivity index (χ4n) is 2.06. The maximum Gasteiger partial charge on any atom is 0.126 e. The van der Waals surface area contributed by atoms with E-state index in [0.29, 0.717) is 0 Å². The van der Waals surface area contributed by atoms with Gasteiger partial charge in [-0.05, 0) is 23.7 Å². The van der Waals surface area contributed by atoms with Crippen molar-refractivity contribution >= 4 is 0 Å². The molecule has 0 heterocycles. The van der Waals surface area contributed by atoms with Crippen LogP contribution in [0.1, 0.15) is 12.5 Å². The molecule has 0 atom stereocenters. The van der Waals surface area contributed by atoms with Crippen LogP contribution >= 0.6 is 0 Å². The second-order valence-corrected chi connectivity index (χ2v) is 4.14. The SMILES string of the molecule is CCNCc1ccccc1-c1ccccc1OC. The molecule has 0 fully saturated rings. The minimum absolute atomic E-state index is 0.880. The van der Waals surface area contributed by atoms with Crippen molar-refractivity contribution in [3.05, 3.63) is 54.1 Å². The molecule has 0 unspecified atom stereocenters. The van der Waals surface area contributed by atoms with Crippen LogP contribution < -0.4 is 10.1 Å². The summed E-state index contributed by atoms with van der Waals surface area (Å²) in [7, 11) is 1.71. The number of hydrogen-bond donors (Lipinski definition) is 1. The average molecular weight is 241 g/mol. The molecule has 2 nitrogen and oxygen atoms in total. The van der Waals surface area contributed by atoms with E-state index in [4.69, 9.17) is 4.74 Å². The lowest BCUT2D eigenvalue weighted by atomic mass is 9.99. The molecular weight excluding hydrogens is 222 g/mol. The summed E-state index contributed by atoms with van der Waals surface area (Å²) in [6.07, 6.45) is 0. The smallest absolute Gasteiger partial charge is 0.126 e. The largest absolute Gasteiger partial charge is 0.496 e. The van der Waals surface area contributed by atoms with Gasteiger partial charge in [0.25, 0.3) is 0 Å². The normalized spacial score (nSPS) is 10.3. The number of methoxy groups -OCH3 is 1. The summed E-state index contributed by atoms with van der Waals surface area (Å²) in [4.78, 5) is 0. The van der Waals surface area contributed by atoms with E-state index >= 15 is 0 Å². The predicted octanol–water partition coefficient (Wildman–Crippen LogP) is 3.47. The Kier molecular flexibility index (Phi) is 4.37. The van der Waals surface area contributed by atoms with Gasteiger partial charge < -0.3 is 10.1 Å². The lowest BCUT2D eigenvalue weighted by molar-refractivity contribution is 0.416. The van der Waals surface area contributed by atoms with Gasteiger partial charge in [-0.3, -0.25) is 0 Å². The lowest BCUT2D eigenvalue weighted by Crippen LogP contribution is -2.12. The van der Waals surface area contributed by atoms with Gasteiger partial charge in [0.15, 0.2) is 0 Å². The third-order valence-electron chi connectivity index (χ3n) is 2.98. The molecule has 18 heavy (non-hydrogen) atoms. The highest BCUT2D eigenvalue weighted by Gasteiger charge is 2.08. The third-order valence-corrected chi connectivity index (χ3v) is 2.98. The van der Waals surface area contributed by atoms with Crippen molar-refractivity contribution in [2.45, 2.75) is 13.5 Å². The number of nitrogens with one attached hydrogen (secondary N) is 1. The molecule has 94 valence electrons. The molecule has 0 amide bonds. The maximum atomic E-state index is 5.44. The molecule has 2 rings (SSSR count). The molecule has 0 bridgehead atoms. The Morgan fingerprint density at radius 2 is 1.61 bits per heavy atom. The van der Waals surface area contributed by atoms with Gasteiger partial charge in [0.05, 0.1) is 7.11 Å².